The molecule has 3 aromatic rings. The van der Waals surface area contributed by atoms with E-state index in [-0.39, 0.29) is 16.6 Å². The molecule has 10 heteroatoms. The number of thiophene rings is 1. The number of amides is 1. The molecule has 0 aliphatic carbocycles. The fourth-order valence-electron chi connectivity index (χ4n) is 2.45. The Morgan fingerprint density at radius 3 is 2.54 bits per heavy atom. The van der Waals surface area contributed by atoms with Crippen LogP contribution < -0.4 is 5.32 Å². The third-order valence-electron chi connectivity index (χ3n) is 4.12. The van der Waals surface area contributed by atoms with E-state index in [0.29, 0.717) is 12.1 Å². The minimum absolute atomic E-state index is 0.136. The highest BCUT2D eigenvalue weighted by Crippen LogP contribution is 2.20. The van der Waals surface area contributed by atoms with Gasteiger partial charge in [0.2, 0.25) is 15.8 Å². The third kappa shape index (κ3) is 4.29. The molecule has 0 saturated heterocycles. The van der Waals surface area contributed by atoms with Gasteiger partial charge >= 0.3 is 11.8 Å². The second-order valence-electron chi connectivity index (χ2n) is 6.27. The predicted octanol–water partition coefficient (Wildman–Crippen LogP) is 2.33. The van der Waals surface area contributed by atoms with Gasteiger partial charge in [-0.1, -0.05) is 5.16 Å². The quantitative estimate of drug-likeness (QED) is 0.629. The number of aromatic nitrogens is 2. The molecule has 8 nitrogen and oxygen atoms in total. The van der Waals surface area contributed by atoms with E-state index in [1.54, 1.807) is 23.5 Å². The average Bonchev–Trinajstić information content (AvgIpc) is 3.31. The fraction of sp³-hybridized carbons (Fsp3) is 0.278. The number of hydrogen-bond donors (Lipinski definition) is 1. The van der Waals surface area contributed by atoms with Crippen molar-refractivity contribution in [3.05, 3.63) is 52.0 Å². The molecule has 1 amide bonds. The lowest BCUT2D eigenvalue weighted by molar-refractivity contribution is 0.0910. The van der Waals surface area contributed by atoms with Crippen LogP contribution in [0.4, 0.5) is 0 Å². The molecule has 28 heavy (non-hydrogen) atoms. The van der Waals surface area contributed by atoms with Crippen LogP contribution in [0, 0.1) is 6.92 Å². The maximum atomic E-state index is 12.2. The first kappa shape index (κ1) is 20.2. The van der Waals surface area contributed by atoms with Gasteiger partial charge in [0, 0.05) is 31.1 Å². The monoisotopic (exact) mass is 420 g/mol. The van der Waals surface area contributed by atoms with Gasteiger partial charge in [0.05, 0.1) is 4.90 Å². The van der Waals surface area contributed by atoms with Crippen LogP contribution in [0.1, 0.15) is 21.1 Å². The van der Waals surface area contributed by atoms with Crippen molar-refractivity contribution in [3.63, 3.8) is 0 Å². The molecule has 0 unspecified atom stereocenters. The summed E-state index contributed by atoms with van der Waals surface area (Å²) in [5, 5.41) is 8.58. The Morgan fingerprint density at radius 1 is 1.21 bits per heavy atom. The summed E-state index contributed by atoms with van der Waals surface area (Å²) in [6, 6.07) is 8.11. The summed E-state index contributed by atoms with van der Waals surface area (Å²) >= 11 is 1.65. The lowest BCUT2D eigenvalue weighted by Crippen LogP contribution is -2.25. The Morgan fingerprint density at radius 2 is 1.93 bits per heavy atom. The summed E-state index contributed by atoms with van der Waals surface area (Å²) < 4.78 is 30.4. The van der Waals surface area contributed by atoms with E-state index in [4.69, 9.17) is 4.52 Å². The first-order valence-electron chi connectivity index (χ1n) is 8.47. The zero-order chi connectivity index (χ0) is 20.3. The van der Waals surface area contributed by atoms with Crippen LogP contribution in [0.3, 0.4) is 0 Å². The second kappa shape index (κ2) is 8.21. The predicted molar refractivity (Wildman–Crippen MR) is 106 cm³/mol. The number of nitrogens with one attached hydrogen (secondary N) is 1. The Bertz CT molecular complexity index is 1070. The number of nitrogens with zero attached hydrogens (tertiary/aromatic N) is 3. The maximum absolute atomic E-state index is 12.2. The molecule has 0 aliphatic rings. The van der Waals surface area contributed by atoms with Gasteiger partial charge in [-0.3, -0.25) is 4.79 Å². The number of carbonyl (C=O) groups is 1. The number of benzene rings is 1. The molecule has 0 spiro atoms. The zero-order valence-electron chi connectivity index (χ0n) is 15.7. The van der Waals surface area contributed by atoms with Crippen LogP contribution in [-0.2, 0) is 16.4 Å². The Kier molecular flexibility index (Phi) is 5.92. The first-order valence-corrected chi connectivity index (χ1v) is 10.8. The van der Waals surface area contributed by atoms with E-state index in [1.807, 2.05) is 18.4 Å². The van der Waals surface area contributed by atoms with Gasteiger partial charge in [-0.15, -0.1) is 11.3 Å². The SMILES string of the molecule is Cc1ccsc1CCNC(=O)c1nc(-c2ccc(S(=O)(=O)N(C)C)cc2)no1. The normalized spacial score (nSPS) is 11.7. The molecule has 148 valence electrons. The van der Waals surface area contributed by atoms with Crippen molar-refractivity contribution in [1.29, 1.82) is 0 Å². The van der Waals surface area contributed by atoms with Crippen molar-refractivity contribution >= 4 is 27.3 Å². The van der Waals surface area contributed by atoms with E-state index in [9.17, 15) is 13.2 Å². The van der Waals surface area contributed by atoms with Gasteiger partial charge in [0.1, 0.15) is 0 Å². The molecule has 0 saturated carbocycles. The van der Waals surface area contributed by atoms with Crippen LogP contribution in [-0.4, -0.2) is 49.4 Å². The molecular weight excluding hydrogens is 400 g/mol. The molecule has 0 aliphatic heterocycles. The molecule has 2 heterocycles. The Labute approximate surface area is 167 Å². The van der Waals surface area contributed by atoms with Gasteiger partial charge in [0.25, 0.3) is 0 Å². The molecule has 1 N–H and O–H groups in total. The van der Waals surface area contributed by atoms with Crippen LogP contribution in [0.2, 0.25) is 0 Å². The number of hydrogen-bond acceptors (Lipinski definition) is 7. The smallest absolute Gasteiger partial charge is 0.316 e. The highest BCUT2D eigenvalue weighted by molar-refractivity contribution is 7.89. The third-order valence-corrected chi connectivity index (χ3v) is 7.03. The largest absolute Gasteiger partial charge is 0.347 e. The van der Waals surface area contributed by atoms with E-state index in [0.717, 1.165) is 10.7 Å². The van der Waals surface area contributed by atoms with Crippen LogP contribution in [0.25, 0.3) is 11.4 Å². The number of sulfonamides is 1. The highest BCUT2D eigenvalue weighted by atomic mass is 32.2. The van der Waals surface area contributed by atoms with Crippen molar-refractivity contribution in [3.8, 4) is 11.4 Å². The molecule has 0 atom stereocenters. The van der Waals surface area contributed by atoms with Gasteiger partial charge in [-0.2, -0.15) is 4.98 Å². The molecule has 0 fully saturated rings. The zero-order valence-corrected chi connectivity index (χ0v) is 17.3. The topological polar surface area (TPSA) is 105 Å². The van der Waals surface area contributed by atoms with E-state index in [2.05, 4.69) is 15.5 Å². The Balaban J connectivity index is 1.65. The summed E-state index contributed by atoms with van der Waals surface area (Å²) in [4.78, 5) is 17.6. The summed E-state index contributed by atoms with van der Waals surface area (Å²) in [6.07, 6.45) is 0.734. The Hall–Kier alpha value is -2.56. The van der Waals surface area contributed by atoms with Crippen molar-refractivity contribution in [2.24, 2.45) is 0 Å². The lowest BCUT2D eigenvalue weighted by Gasteiger charge is -2.11. The van der Waals surface area contributed by atoms with E-state index < -0.39 is 15.9 Å². The van der Waals surface area contributed by atoms with Gasteiger partial charge in [-0.25, -0.2) is 12.7 Å². The van der Waals surface area contributed by atoms with E-state index >= 15 is 0 Å². The second-order valence-corrected chi connectivity index (χ2v) is 9.42. The molecule has 1 aromatic carbocycles. The van der Waals surface area contributed by atoms with Gasteiger partial charge in [-0.05, 0) is 54.6 Å². The van der Waals surface area contributed by atoms with E-state index in [1.165, 1.54) is 36.7 Å². The van der Waals surface area contributed by atoms with Crippen molar-refractivity contribution in [2.45, 2.75) is 18.2 Å². The molecule has 2 aromatic heterocycles. The maximum Gasteiger partial charge on any atom is 0.316 e. The first-order chi connectivity index (χ1) is 13.3. The number of rotatable bonds is 7. The van der Waals surface area contributed by atoms with Crippen molar-refractivity contribution < 1.29 is 17.7 Å². The molecular formula is C18H20N4O4S2. The van der Waals surface area contributed by atoms with Crippen LogP contribution in [0.15, 0.2) is 45.1 Å². The fourth-order valence-corrected chi connectivity index (χ4v) is 4.26. The minimum Gasteiger partial charge on any atom is -0.347 e. The molecule has 0 bridgehead atoms. The number of aryl methyl sites for hydroxylation is 1. The number of carbonyl (C=O) groups excluding carboxylic acids is 1. The summed E-state index contributed by atoms with van der Waals surface area (Å²) in [5.41, 5.74) is 1.76. The van der Waals surface area contributed by atoms with Gasteiger partial charge in [0.15, 0.2) is 0 Å². The van der Waals surface area contributed by atoms with Crippen molar-refractivity contribution in [1.82, 2.24) is 19.8 Å². The molecule has 0 radical (unpaired) electrons. The van der Waals surface area contributed by atoms with Crippen LogP contribution >= 0.6 is 11.3 Å². The summed E-state index contributed by atoms with van der Waals surface area (Å²) in [6.45, 7) is 2.50. The summed E-state index contributed by atoms with van der Waals surface area (Å²) in [7, 11) is -0.580. The summed E-state index contributed by atoms with van der Waals surface area (Å²) in [5.74, 6) is -0.365. The minimum atomic E-state index is -3.51. The standard InChI is InChI=1S/C18H20N4O4S2/c1-12-9-11-27-15(12)8-10-19-17(23)18-20-16(21-26-18)13-4-6-14(7-5-13)28(24,25)22(2)3/h4-7,9,11H,8,10H2,1-3H3,(H,19,23). The lowest BCUT2D eigenvalue weighted by atomic mass is 10.2. The molecule has 3 rings (SSSR count). The van der Waals surface area contributed by atoms with Crippen molar-refractivity contribution in [2.75, 3.05) is 20.6 Å². The van der Waals surface area contributed by atoms with Crippen LogP contribution in [0.5, 0.6) is 0 Å². The van der Waals surface area contributed by atoms with Gasteiger partial charge < -0.3 is 9.84 Å². The highest BCUT2D eigenvalue weighted by Gasteiger charge is 2.19. The average molecular weight is 421 g/mol.